The number of aromatic nitrogens is 2. The molecule has 0 radical (unpaired) electrons. The monoisotopic (exact) mass is 217 g/mol. The molecule has 2 N–H and O–H groups in total. The van der Waals surface area contributed by atoms with Crippen molar-refractivity contribution in [3.63, 3.8) is 0 Å². The summed E-state index contributed by atoms with van der Waals surface area (Å²) < 4.78 is 5.46. The molecule has 16 heavy (non-hydrogen) atoms. The van der Waals surface area contributed by atoms with Gasteiger partial charge in [0.25, 0.3) is 0 Å². The highest BCUT2D eigenvalue weighted by Gasteiger charge is 2.10. The fourth-order valence-electron chi connectivity index (χ4n) is 1.49. The van der Waals surface area contributed by atoms with E-state index in [1.165, 1.54) is 11.1 Å². The molecule has 0 aliphatic rings. The summed E-state index contributed by atoms with van der Waals surface area (Å²) in [5, 5.41) is 7.88. The van der Waals surface area contributed by atoms with E-state index in [4.69, 9.17) is 10.2 Å². The Balaban J connectivity index is 2.18. The molecule has 1 aromatic heterocycles. The maximum absolute atomic E-state index is 5.65. The first kappa shape index (κ1) is 10.8. The zero-order valence-electron chi connectivity index (χ0n) is 9.47. The molecular formula is C12H15N3O. The second kappa shape index (κ2) is 4.45. The average Bonchev–Trinajstić information content (AvgIpc) is 2.70. The van der Waals surface area contributed by atoms with Crippen LogP contribution in [0.4, 0.5) is 0 Å². The van der Waals surface area contributed by atoms with Crippen molar-refractivity contribution in [2.24, 2.45) is 5.73 Å². The lowest BCUT2D eigenvalue weighted by Gasteiger charge is -2.01. The Kier molecular flexibility index (Phi) is 3.01. The zero-order chi connectivity index (χ0) is 11.5. The second-order valence-electron chi connectivity index (χ2n) is 3.93. The van der Waals surface area contributed by atoms with Crippen molar-refractivity contribution in [3.8, 4) is 0 Å². The number of hydrogen-bond donors (Lipinski definition) is 1. The molecule has 2 aromatic rings. The Morgan fingerprint density at radius 2 is 2.06 bits per heavy atom. The summed E-state index contributed by atoms with van der Waals surface area (Å²) in [5.74, 6) is 1.10. The first-order valence-electron chi connectivity index (χ1n) is 5.29. The molecule has 0 saturated carbocycles. The van der Waals surface area contributed by atoms with Gasteiger partial charge in [-0.05, 0) is 25.0 Å². The molecule has 4 nitrogen and oxygen atoms in total. The third kappa shape index (κ3) is 2.28. The number of nitrogens with two attached hydrogens (primary N) is 1. The predicted molar refractivity (Wildman–Crippen MR) is 60.9 cm³/mol. The van der Waals surface area contributed by atoms with Crippen LogP contribution in [0.25, 0.3) is 0 Å². The van der Waals surface area contributed by atoms with E-state index in [9.17, 15) is 0 Å². The highest BCUT2D eigenvalue weighted by molar-refractivity contribution is 5.27. The fourth-order valence-corrected chi connectivity index (χ4v) is 1.49. The Labute approximate surface area is 94.5 Å². The van der Waals surface area contributed by atoms with Gasteiger partial charge in [0, 0.05) is 0 Å². The van der Waals surface area contributed by atoms with Gasteiger partial charge in [-0.2, -0.15) is 0 Å². The number of benzene rings is 1. The van der Waals surface area contributed by atoms with Crippen LogP contribution in [-0.2, 0) is 6.42 Å². The minimum atomic E-state index is -0.210. The Hall–Kier alpha value is -1.68. The molecule has 1 atom stereocenters. The molecule has 0 bridgehead atoms. The van der Waals surface area contributed by atoms with Crippen molar-refractivity contribution in [2.45, 2.75) is 26.3 Å². The predicted octanol–water partition coefficient (Wildman–Crippen LogP) is 1.99. The summed E-state index contributed by atoms with van der Waals surface area (Å²) in [4.78, 5) is 0. The maximum atomic E-state index is 5.65. The van der Waals surface area contributed by atoms with E-state index >= 15 is 0 Å². The molecule has 0 aliphatic carbocycles. The molecule has 4 heteroatoms. The van der Waals surface area contributed by atoms with E-state index in [0.29, 0.717) is 18.2 Å². The molecule has 1 unspecified atom stereocenters. The Morgan fingerprint density at radius 1 is 1.31 bits per heavy atom. The van der Waals surface area contributed by atoms with Crippen LogP contribution < -0.4 is 5.73 Å². The minimum Gasteiger partial charge on any atom is -0.423 e. The number of nitrogens with zero attached hydrogens (tertiary/aromatic N) is 2. The van der Waals surface area contributed by atoms with E-state index in [0.717, 1.165) is 0 Å². The van der Waals surface area contributed by atoms with Crippen molar-refractivity contribution in [3.05, 3.63) is 47.2 Å². The summed E-state index contributed by atoms with van der Waals surface area (Å²) in [6, 6.07) is 7.94. The lowest BCUT2D eigenvalue weighted by Crippen LogP contribution is -2.04. The van der Waals surface area contributed by atoms with Gasteiger partial charge in [0.2, 0.25) is 11.8 Å². The van der Waals surface area contributed by atoms with Crippen molar-refractivity contribution in [2.75, 3.05) is 0 Å². The summed E-state index contributed by atoms with van der Waals surface area (Å²) in [6.45, 7) is 3.89. The molecule has 0 fully saturated rings. The topological polar surface area (TPSA) is 64.9 Å². The van der Waals surface area contributed by atoms with E-state index in [2.05, 4.69) is 29.3 Å². The molecular weight excluding hydrogens is 202 g/mol. The molecule has 0 amide bonds. The lowest BCUT2D eigenvalue weighted by atomic mass is 10.1. The van der Waals surface area contributed by atoms with Crippen LogP contribution in [0.5, 0.6) is 0 Å². The summed E-state index contributed by atoms with van der Waals surface area (Å²) in [7, 11) is 0. The molecule has 1 aromatic carbocycles. The van der Waals surface area contributed by atoms with Gasteiger partial charge in [0.05, 0.1) is 12.5 Å². The minimum absolute atomic E-state index is 0.210. The first-order chi connectivity index (χ1) is 7.66. The van der Waals surface area contributed by atoms with Crippen LogP contribution in [0.2, 0.25) is 0 Å². The molecule has 0 spiro atoms. The summed E-state index contributed by atoms with van der Waals surface area (Å²) in [6.07, 6.45) is 0.659. The standard InChI is InChI=1S/C12H15N3O/c1-8-5-3-4-6-10(8)7-11-14-15-12(16-11)9(2)13/h3-6,9H,7,13H2,1-2H3. The lowest BCUT2D eigenvalue weighted by molar-refractivity contribution is 0.433. The molecule has 0 saturated heterocycles. The highest BCUT2D eigenvalue weighted by Crippen LogP contribution is 2.14. The van der Waals surface area contributed by atoms with Gasteiger partial charge < -0.3 is 10.2 Å². The van der Waals surface area contributed by atoms with Crippen LogP contribution in [0.15, 0.2) is 28.7 Å². The van der Waals surface area contributed by atoms with Gasteiger partial charge in [-0.25, -0.2) is 0 Å². The first-order valence-corrected chi connectivity index (χ1v) is 5.29. The smallest absolute Gasteiger partial charge is 0.232 e. The molecule has 1 heterocycles. The SMILES string of the molecule is Cc1ccccc1Cc1nnc(C(C)N)o1. The van der Waals surface area contributed by atoms with Crippen molar-refractivity contribution >= 4 is 0 Å². The molecule has 84 valence electrons. The van der Waals surface area contributed by atoms with Crippen LogP contribution in [0.3, 0.4) is 0 Å². The normalized spacial score (nSPS) is 12.7. The number of aryl methyl sites for hydroxylation is 1. The van der Waals surface area contributed by atoms with Gasteiger partial charge in [0.15, 0.2) is 0 Å². The number of rotatable bonds is 3. The van der Waals surface area contributed by atoms with E-state index in [-0.39, 0.29) is 6.04 Å². The molecule has 0 aliphatic heterocycles. The number of hydrogen-bond acceptors (Lipinski definition) is 4. The van der Waals surface area contributed by atoms with E-state index in [1.54, 1.807) is 0 Å². The summed E-state index contributed by atoms with van der Waals surface area (Å²) >= 11 is 0. The van der Waals surface area contributed by atoms with Gasteiger partial charge >= 0.3 is 0 Å². The van der Waals surface area contributed by atoms with Crippen molar-refractivity contribution < 1.29 is 4.42 Å². The zero-order valence-corrected chi connectivity index (χ0v) is 9.47. The fraction of sp³-hybridized carbons (Fsp3) is 0.333. The van der Waals surface area contributed by atoms with E-state index < -0.39 is 0 Å². The third-order valence-corrected chi connectivity index (χ3v) is 2.47. The van der Waals surface area contributed by atoms with Crippen LogP contribution in [0, 0.1) is 6.92 Å². The Bertz CT molecular complexity index is 477. The van der Waals surface area contributed by atoms with Crippen molar-refractivity contribution in [1.29, 1.82) is 0 Å². The average molecular weight is 217 g/mol. The van der Waals surface area contributed by atoms with Crippen LogP contribution in [-0.4, -0.2) is 10.2 Å². The third-order valence-electron chi connectivity index (χ3n) is 2.47. The van der Waals surface area contributed by atoms with Gasteiger partial charge in [0.1, 0.15) is 0 Å². The second-order valence-corrected chi connectivity index (χ2v) is 3.93. The maximum Gasteiger partial charge on any atom is 0.232 e. The van der Waals surface area contributed by atoms with Crippen molar-refractivity contribution in [1.82, 2.24) is 10.2 Å². The van der Waals surface area contributed by atoms with Crippen LogP contribution >= 0.6 is 0 Å². The molecule has 2 rings (SSSR count). The van der Waals surface area contributed by atoms with Gasteiger partial charge in [-0.15, -0.1) is 10.2 Å². The highest BCUT2D eigenvalue weighted by atomic mass is 16.4. The van der Waals surface area contributed by atoms with Gasteiger partial charge in [-0.3, -0.25) is 0 Å². The van der Waals surface area contributed by atoms with Crippen LogP contribution in [0.1, 0.15) is 35.9 Å². The quantitative estimate of drug-likeness (QED) is 0.853. The summed E-state index contributed by atoms with van der Waals surface area (Å²) in [5.41, 5.74) is 8.08. The van der Waals surface area contributed by atoms with Gasteiger partial charge in [-0.1, -0.05) is 24.3 Å². The largest absolute Gasteiger partial charge is 0.423 e. The Morgan fingerprint density at radius 3 is 2.69 bits per heavy atom. The van der Waals surface area contributed by atoms with E-state index in [1.807, 2.05) is 19.1 Å².